The average molecular weight is 481 g/mol. The average Bonchev–Trinajstić information content (AvgIpc) is 3.16. The van der Waals surface area contributed by atoms with Gasteiger partial charge in [0.1, 0.15) is 0 Å². The third kappa shape index (κ3) is 4.25. The number of ether oxygens (including phenoxy) is 1. The Labute approximate surface area is 201 Å². The van der Waals surface area contributed by atoms with Gasteiger partial charge in [0, 0.05) is 0 Å². The molecule has 1 aliphatic heterocycles. The second kappa shape index (κ2) is 8.04. The fourth-order valence-corrected chi connectivity index (χ4v) is 9.72. The number of fused-ring (bicyclic) bond motifs is 5. The lowest BCUT2D eigenvalue weighted by Crippen LogP contribution is -2.51. The first-order chi connectivity index (χ1) is 15.3. The Kier molecular flexibility index (Phi) is 5.91. The predicted octanol–water partition coefficient (Wildman–Crippen LogP) is 6.35. The van der Waals surface area contributed by atoms with E-state index in [0.717, 1.165) is 36.5 Å². The van der Waals surface area contributed by atoms with Crippen molar-refractivity contribution in [2.45, 2.75) is 117 Å². The summed E-state index contributed by atoms with van der Waals surface area (Å²) in [7, 11) is -4.39. The van der Waals surface area contributed by atoms with E-state index < -0.39 is 16.5 Å². The fourth-order valence-electron chi connectivity index (χ4n) is 9.21. The third-order valence-electron chi connectivity index (χ3n) is 11.1. The van der Waals surface area contributed by atoms with Crippen molar-refractivity contribution >= 4 is 10.4 Å². The molecule has 0 bridgehead atoms. The molecule has 0 aromatic carbocycles. The highest BCUT2D eigenvalue weighted by atomic mass is 32.3. The van der Waals surface area contributed by atoms with Gasteiger partial charge in [-0.2, -0.15) is 8.42 Å². The van der Waals surface area contributed by atoms with Crippen LogP contribution in [0.15, 0.2) is 11.6 Å². The molecule has 33 heavy (non-hydrogen) atoms. The predicted molar refractivity (Wildman–Crippen MR) is 129 cm³/mol. The maximum absolute atomic E-state index is 11.2. The Balaban J connectivity index is 1.28. The molecule has 6 heteroatoms. The number of epoxide rings is 1. The summed E-state index contributed by atoms with van der Waals surface area (Å²) in [5.41, 5.74) is 2.09. The van der Waals surface area contributed by atoms with Crippen molar-refractivity contribution in [1.29, 1.82) is 0 Å². The molecule has 0 amide bonds. The first-order valence-electron chi connectivity index (χ1n) is 13.4. The molecule has 188 valence electrons. The number of rotatable bonds is 6. The summed E-state index contributed by atoms with van der Waals surface area (Å²) in [6, 6.07) is 0. The Morgan fingerprint density at radius 2 is 1.85 bits per heavy atom. The van der Waals surface area contributed by atoms with E-state index in [1.54, 1.807) is 0 Å². The smallest absolute Gasteiger partial charge is 0.367 e. The summed E-state index contributed by atoms with van der Waals surface area (Å²) in [6.07, 6.45) is 13.7. The number of allylic oxidation sites excluding steroid dienone is 1. The molecular weight excluding hydrogens is 436 g/mol. The van der Waals surface area contributed by atoms with Gasteiger partial charge >= 0.3 is 10.4 Å². The van der Waals surface area contributed by atoms with Crippen LogP contribution in [-0.2, 0) is 19.3 Å². The van der Waals surface area contributed by atoms with Gasteiger partial charge in [0.2, 0.25) is 0 Å². The van der Waals surface area contributed by atoms with Crippen molar-refractivity contribution in [2.24, 2.45) is 40.4 Å². The molecule has 0 aromatic heterocycles. The van der Waals surface area contributed by atoms with E-state index in [1.807, 2.05) is 0 Å². The molecule has 1 unspecified atom stereocenters. The minimum absolute atomic E-state index is 0.104. The minimum atomic E-state index is -4.39. The molecular formula is C27H44O5S. The Morgan fingerprint density at radius 1 is 1.12 bits per heavy atom. The van der Waals surface area contributed by atoms with E-state index >= 15 is 0 Å². The number of hydrogen-bond donors (Lipinski definition) is 1. The van der Waals surface area contributed by atoms with Crippen LogP contribution in [0.1, 0.15) is 98.8 Å². The summed E-state index contributed by atoms with van der Waals surface area (Å²) < 4.78 is 42.4. The van der Waals surface area contributed by atoms with Crippen molar-refractivity contribution in [3.63, 3.8) is 0 Å². The summed E-state index contributed by atoms with van der Waals surface area (Å²) >= 11 is 0. The Hall–Kier alpha value is -0.430. The molecule has 4 aliphatic carbocycles. The Bertz CT molecular complexity index is 909. The quantitative estimate of drug-likeness (QED) is 0.272. The largest absolute Gasteiger partial charge is 0.397 e. The zero-order chi connectivity index (χ0) is 23.8. The summed E-state index contributed by atoms with van der Waals surface area (Å²) in [5.74, 6) is 3.83. The van der Waals surface area contributed by atoms with Crippen molar-refractivity contribution in [1.82, 2.24) is 0 Å². The van der Waals surface area contributed by atoms with Gasteiger partial charge in [-0.1, -0.05) is 32.4 Å². The summed E-state index contributed by atoms with van der Waals surface area (Å²) in [5, 5.41) is 0. The SMILES string of the molecule is C[C@H](CCC1OC1(C)C)[C@H]1CC[C@H]2[C@@H]3CC=C4C[C@@H](OS(=O)(=O)O)CC[C@]4(C)[C@H]3CC[C@]12C. The fraction of sp³-hybridized carbons (Fsp3) is 0.926. The first-order valence-corrected chi connectivity index (χ1v) is 14.7. The molecule has 1 N–H and O–H groups in total. The molecule has 5 rings (SSSR count). The van der Waals surface area contributed by atoms with Gasteiger partial charge in [-0.3, -0.25) is 4.55 Å². The van der Waals surface area contributed by atoms with Gasteiger partial charge in [0.25, 0.3) is 0 Å². The molecule has 4 fully saturated rings. The molecule has 1 saturated heterocycles. The van der Waals surface area contributed by atoms with E-state index in [4.69, 9.17) is 13.5 Å². The van der Waals surface area contributed by atoms with Gasteiger partial charge in [-0.05, 0) is 118 Å². The van der Waals surface area contributed by atoms with Crippen molar-refractivity contribution < 1.29 is 21.9 Å². The summed E-state index contributed by atoms with van der Waals surface area (Å²) in [6.45, 7) is 12.0. The lowest BCUT2D eigenvalue weighted by molar-refractivity contribution is -0.0560. The van der Waals surface area contributed by atoms with E-state index in [2.05, 4.69) is 40.7 Å². The van der Waals surface area contributed by atoms with Crippen molar-refractivity contribution in [3.8, 4) is 0 Å². The third-order valence-corrected chi connectivity index (χ3v) is 11.6. The van der Waals surface area contributed by atoms with Crippen LogP contribution in [0.4, 0.5) is 0 Å². The molecule has 3 saturated carbocycles. The highest BCUT2D eigenvalue weighted by molar-refractivity contribution is 7.80. The molecule has 5 aliphatic rings. The molecule has 0 radical (unpaired) electrons. The second-order valence-electron chi connectivity index (χ2n) is 13.1. The van der Waals surface area contributed by atoms with Gasteiger partial charge < -0.3 is 4.74 Å². The zero-order valence-electron chi connectivity index (χ0n) is 21.2. The van der Waals surface area contributed by atoms with Crippen LogP contribution < -0.4 is 0 Å². The van der Waals surface area contributed by atoms with Gasteiger partial charge in [0.15, 0.2) is 0 Å². The monoisotopic (exact) mass is 480 g/mol. The molecule has 0 spiro atoms. The van der Waals surface area contributed by atoms with Crippen molar-refractivity contribution in [2.75, 3.05) is 0 Å². The lowest BCUT2D eigenvalue weighted by Gasteiger charge is -2.58. The van der Waals surface area contributed by atoms with Gasteiger partial charge in [-0.15, -0.1) is 0 Å². The standard InChI is InChI=1S/C27H44O5S/c1-17(6-11-24-25(2,3)31-24)21-9-10-22-20-8-7-18-16-19(32-33(28,29)30)12-14-26(18,4)23(20)13-15-27(21,22)5/h7,17,19-24H,6,8-16H2,1-5H3,(H,28,29,30)/t17-,19+,20+,21-,22+,23+,24?,26+,27-/m1/s1. The van der Waals surface area contributed by atoms with Crippen LogP contribution in [0.5, 0.6) is 0 Å². The van der Waals surface area contributed by atoms with Gasteiger partial charge in [-0.25, -0.2) is 4.18 Å². The van der Waals surface area contributed by atoms with Gasteiger partial charge in [0.05, 0.1) is 17.8 Å². The molecule has 1 heterocycles. The van der Waals surface area contributed by atoms with E-state index in [-0.39, 0.29) is 11.0 Å². The normalized spacial score (nSPS) is 47.2. The summed E-state index contributed by atoms with van der Waals surface area (Å²) in [4.78, 5) is 0. The maximum atomic E-state index is 11.2. The highest BCUT2D eigenvalue weighted by Crippen LogP contribution is 2.67. The van der Waals surface area contributed by atoms with Crippen LogP contribution in [-0.4, -0.2) is 30.8 Å². The topological polar surface area (TPSA) is 76.1 Å². The zero-order valence-corrected chi connectivity index (χ0v) is 22.0. The van der Waals surface area contributed by atoms with Crippen LogP contribution in [0, 0.1) is 40.4 Å². The van der Waals surface area contributed by atoms with Crippen LogP contribution in [0.3, 0.4) is 0 Å². The Morgan fingerprint density at radius 3 is 2.52 bits per heavy atom. The van der Waals surface area contributed by atoms with E-state index in [0.29, 0.717) is 30.3 Å². The van der Waals surface area contributed by atoms with E-state index in [1.165, 1.54) is 44.1 Å². The molecule has 5 nitrogen and oxygen atoms in total. The first kappa shape index (κ1) is 24.3. The number of hydrogen-bond acceptors (Lipinski definition) is 4. The maximum Gasteiger partial charge on any atom is 0.397 e. The lowest BCUT2D eigenvalue weighted by atomic mass is 9.47. The van der Waals surface area contributed by atoms with E-state index in [9.17, 15) is 8.42 Å². The second-order valence-corrected chi connectivity index (χ2v) is 14.2. The van der Waals surface area contributed by atoms with Crippen molar-refractivity contribution in [3.05, 3.63) is 11.6 Å². The van der Waals surface area contributed by atoms with Crippen LogP contribution in [0.25, 0.3) is 0 Å². The van der Waals surface area contributed by atoms with Crippen LogP contribution in [0.2, 0.25) is 0 Å². The molecule has 0 aromatic rings. The highest BCUT2D eigenvalue weighted by Gasteiger charge is 2.59. The van der Waals surface area contributed by atoms with Crippen LogP contribution >= 0.6 is 0 Å². The molecule has 9 atom stereocenters. The minimum Gasteiger partial charge on any atom is -0.367 e.